The number of rotatable bonds is 13. The molecule has 0 amide bonds. The van der Waals surface area contributed by atoms with Crippen molar-refractivity contribution in [2.75, 3.05) is 6.61 Å². The molecule has 1 rings (SSSR count). The molecule has 1 N–H and O–H groups in total. The largest absolute Gasteiger partial charge is 0.481 e. The number of aliphatic carboxylic acids is 1. The highest BCUT2D eigenvalue weighted by Crippen LogP contribution is 2.10. The van der Waals surface area contributed by atoms with Crippen LogP contribution in [0.15, 0.2) is 30.3 Å². The first kappa shape index (κ1) is 17.7. The molecule has 3 nitrogen and oxygen atoms in total. The zero-order valence-electron chi connectivity index (χ0n) is 12.9. The molecule has 0 aliphatic rings. The molecule has 0 saturated heterocycles. The summed E-state index contributed by atoms with van der Waals surface area (Å²) in [5.74, 6) is -0.675. The highest BCUT2D eigenvalue weighted by atomic mass is 16.5. The SMILES string of the molecule is O=C(O)CCCCCCCCCCOCc1ccccc1. The second-order valence-corrected chi connectivity index (χ2v) is 5.51. The summed E-state index contributed by atoms with van der Waals surface area (Å²) in [6.07, 6.45) is 9.45. The minimum absolute atomic E-state index is 0.318. The first-order valence-electron chi connectivity index (χ1n) is 8.12. The molecule has 0 spiro atoms. The van der Waals surface area contributed by atoms with Crippen molar-refractivity contribution < 1.29 is 14.6 Å². The van der Waals surface area contributed by atoms with Crippen LogP contribution in [0.2, 0.25) is 0 Å². The van der Waals surface area contributed by atoms with E-state index in [0.717, 1.165) is 32.3 Å². The van der Waals surface area contributed by atoms with E-state index in [1.54, 1.807) is 0 Å². The summed E-state index contributed by atoms with van der Waals surface area (Å²) in [7, 11) is 0. The van der Waals surface area contributed by atoms with Gasteiger partial charge < -0.3 is 9.84 Å². The maximum absolute atomic E-state index is 10.3. The molecular weight excluding hydrogens is 264 g/mol. The highest BCUT2D eigenvalue weighted by Gasteiger charge is 1.97. The van der Waals surface area contributed by atoms with Crippen molar-refractivity contribution in [3.05, 3.63) is 35.9 Å². The predicted octanol–water partition coefficient (Wildman–Crippen LogP) is 4.80. The van der Waals surface area contributed by atoms with Gasteiger partial charge in [0, 0.05) is 13.0 Å². The lowest BCUT2D eigenvalue weighted by Crippen LogP contribution is -1.95. The van der Waals surface area contributed by atoms with E-state index in [0.29, 0.717) is 13.0 Å². The summed E-state index contributed by atoms with van der Waals surface area (Å²) in [6.45, 7) is 1.55. The molecule has 0 aliphatic heterocycles. The van der Waals surface area contributed by atoms with Gasteiger partial charge in [0.2, 0.25) is 0 Å². The van der Waals surface area contributed by atoms with Gasteiger partial charge in [0.25, 0.3) is 0 Å². The lowest BCUT2D eigenvalue weighted by Gasteiger charge is -2.04. The second-order valence-electron chi connectivity index (χ2n) is 5.51. The van der Waals surface area contributed by atoms with Crippen LogP contribution in [0.4, 0.5) is 0 Å². The summed E-state index contributed by atoms with van der Waals surface area (Å²) in [5.41, 5.74) is 1.24. The Hall–Kier alpha value is -1.35. The molecule has 118 valence electrons. The monoisotopic (exact) mass is 292 g/mol. The summed E-state index contributed by atoms with van der Waals surface area (Å²) in [5, 5.41) is 8.52. The molecule has 21 heavy (non-hydrogen) atoms. The van der Waals surface area contributed by atoms with Gasteiger partial charge in [0.15, 0.2) is 0 Å². The van der Waals surface area contributed by atoms with E-state index in [1.165, 1.54) is 31.2 Å². The van der Waals surface area contributed by atoms with Gasteiger partial charge in [-0.25, -0.2) is 0 Å². The van der Waals surface area contributed by atoms with Gasteiger partial charge in [-0.3, -0.25) is 4.79 Å². The molecule has 0 saturated carbocycles. The van der Waals surface area contributed by atoms with E-state index in [2.05, 4.69) is 12.1 Å². The Kier molecular flexibility index (Phi) is 10.4. The summed E-state index contributed by atoms with van der Waals surface area (Å²) in [4.78, 5) is 10.3. The minimum atomic E-state index is -0.675. The Balaban J connectivity index is 1.78. The summed E-state index contributed by atoms with van der Waals surface area (Å²) in [6, 6.07) is 10.3. The van der Waals surface area contributed by atoms with Crippen molar-refractivity contribution in [2.24, 2.45) is 0 Å². The van der Waals surface area contributed by atoms with Crippen LogP contribution in [-0.4, -0.2) is 17.7 Å². The number of carboxylic acid groups (broad SMARTS) is 1. The highest BCUT2D eigenvalue weighted by molar-refractivity contribution is 5.66. The average molecular weight is 292 g/mol. The van der Waals surface area contributed by atoms with Gasteiger partial charge >= 0.3 is 5.97 Å². The van der Waals surface area contributed by atoms with Crippen molar-refractivity contribution in [3.8, 4) is 0 Å². The maximum Gasteiger partial charge on any atom is 0.303 e. The zero-order valence-corrected chi connectivity index (χ0v) is 12.9. The molecule has 0 heterocycles. The van der Waals surface area contributed by atoms with Gasteiger partial charge in [0.1, 0.15) is 0 Å². The van der Waals surface area contributed by atoms with Gasteiger partial charge in [-0.2, -0.15) is 0 Å². The number of hydrogen-bond acceptors (Lipinski definition) is 2. The zero-order chi connectivity index (χ0) is 15.2. The molecule has 1 aromatic rings. The van der Waals surface area contributed by atoms with E-state index in [1.807, 2.05) is 18.2 Å². The van der Waals surface area contributed by atoms with Crippen LogP contribution in [0.25, 0.3) is 0 Å². The quantitative estimate of drug-likeness (QED) is 0.531. The molecule has 1 aromatic carbocycles. The van der Waals surface area contributed by atoms with Gasteiger partial charge in [0.05, 0.1) is 6.61 Å². The number of unbranched alkanes of at least 4 members (excludes halogenated alkanes) is 7. The fraction of sp³-hybridized carbons (Fsp3) is 0.611. The minimum Gasteiger partial charge on any atom is -0.481 e. The molecule has 0 radical (unpaired) electrons. The number of hydrogen-bond donors (Lipinski definition) is 1. The average Bonchev–Trinajstić information content (AvgIpc) is 2.49. The van der Waals surface area contributed by atoms with Gasteiger partial charge in [-0.05, 0) is 18.4 Å². The Morgan fingerprint density at radius 1 is 0.857 bits per heavy atom. The van der Waals surface area contributed by atoms with Crippen molar-refractivity contribution in [1.29, 1.82) is 0 Å². The van der Waals surface area contributed by atoms with E-state index in [9.17, 15) is 4.79 Å². The third kappa shape index (κ3) is 11.0. The fourth-order valence-corrected chi connectivity index (χ4v) is 2.31. The van der Waals surface area contributed by atoms with Gasteiger partial charge in [-0.1, -0.05) is 68.9 Å². The Bertz CT molecular complexity index is 362. The molecular formula is C18H28O3. The molecule has 0 aromatic heterocycles. The number of carboxylic acids is 1. The first-order chi connectivity index (χ1) is 10.3. The number of benzene rings is 1. The second kappa shape index (κ2) is 12.4. The number of ether oxygens (including phenoxy) is 1. The van der Waals surface area contributed by atoms with Crippen LogP contribution in [-0.2, 0) is 16.1 Å². The van der Waals surface area contributed by atoms with E-state index >= 15 is 0 Å². The Morgan fingerprint density at radius 2 is 1.43 bits per heavy atom. The third-order valence-corrected chi connectivity index (χ3v) is 3.54. The van der Waals surface area contributed by atoms with Crippen molar-refractivity contribution >= 4 is 5.97 Å². The third-order valence-electron chi connectivity index (χ3n) is 3.54. The predicted molar refractivity (Wildman–Crippen MR) is 85.3 cm³/mol. The summed E-state index contributed by atoms with van der Waals surface area (Å²) >= 11 is 0. The molecule has 0 fully saturated rings. The van der Waals surface area contributed by atoms with Crippen LogP contribution >= 0.6 is 0 Å². The Labute approximate surface area is 128 Å². The fourth-order valence-electron chi connectivity index (χ4n) is 2.31. The maximum atomic E-state index is 10.3. The summed E-state index contributed by atoms with van der Waals surface area (Å²) < 4.78 is 5.65. The smallest absolute Gasteiger partial charge is 0.303 e. The van der Waals surface area contributed by atoms with Crippen molar-refractivity contribution in [1.82, 2.24) is 0 Å². The van der Waals surface area contributed by atoms with Gasteiger partial charge in [-0.15, -0.1) is 0 Å². The molecule has 0 aliphatic carbocycles. The van der Waals surface area contributed by atoms with Crippen LogP contribution in [0, 0.1) is 0 Å². The number of carbonyl (C=O) groups is 1. The van der Waals surface area contributed by atoms with Crippen molar-refractivity contribution in [2.45, 2.75) is 64.4 Å². The lowest BCUT2D eigenvalue weighted by molar-refractivity contribution is -0.137. The molecule has 0 bridgehead atoms. The van der Waals surface area contributed by atoms with Crippen LogP contribution < -0.4 is 0 Å². The first-order valence-corrected chi connectivity index (χ1v) is 8.12. The van der Waals surface area contributed by atoms with Crippen LogP contribution in [0.3, 0.4) is 0 Å². The topological polar surface area (TPSA) is 46.5 Å². The lowest BCUT2D eigenvalue weighted by atomic mass is 10.1. The van der Waals surface area contributed by atoms with Crippen LogP contribution in [0.5, 0.6) is 0 Å². The molecule has 0 unspecified atom stereocenters. The van der Waals surface area contributed by atoms with Crippen LogP contribution in [0.1, 0.15) is 63.4 Å². The van der Waals surface area contributed by atoms with E-state index in [-0.39, 0.29) is 0 Å². The van der Waals surface area contributed by atoms with E-state index in [4.69, 9.17) is 9.84 Å². The normalized spacial score (nSPS) is 10.7. The molecule has 3 heteroatoms. The van der Waals surface area contributed by atoms with Crippen molar-refractivity contribution in [3.63, 3.8) is 0 Å². The molecule has 0 atom stereocenters. The standard InChI is InChI=1S/C18H28O3/c19-18(20)14-10-5-3-1-2-4-6-11-15-21-16-17-12-8-7-9-13-17/h7-9,12-13H,1-6,10-11,14-16H2,(H,19,20). The Morgan fingerprint density at radius 3 is 2.05 bits per heavy atom. The van der Waals surface area contributed by atoms with E-state index < -0.39 is 5.97 Å².